The molecule has 3 rings (SSSR count). The molecule has 0 saturated heterocycles. The molecule has 3 aromatic rings. The van der Waals surface area contributed by atoms with Crippen LogP contribution in [0.2, 0.25) is 5.02 Å². The monoisotopic (exact) mass is 300 g/mol. The van der Waals surface area contributed by atoms with Gasteiger partial charge in [-0.15, -0.1) is 0 Å². The summed E-state index contributed by atoms with van der Waals surface area (Å²) in [5, 5.41) is 9.29. The minimum Gasteiger partial charge on any atom is -0.308 e. The maximum atomic E-state index is 13.4. The summed E-state index contributed by atoms with van der Waals surface area (Å²) in [7, 11) is 0. The van der Waals surface area contributed by atoms with Crippen molar-refractivity contribution in [2.45, 2.75) is 13.0 Å². The summed E-state index contributed by atoms with van der Waals surface area (Å²) in [5.41, 5.74) is 1.90. The fraction of sp³-hybridized carbons (Fsp3) is 0.133. The molecule has 21 heavy (non-hydrogen) atoms. The lowest BCUT2D eigenvalue weighted by molar-refractivity contribution is 0.627. The summed E-state index contributed by atoms with van der Waals surface area (Å²) < 4.78 is 15.2. The summed E-state index contributed by atoms with van der Waals surface area (Å²) in [6.07, 6.45) is 1.85. The van der Waals surface area contributed by atoms with Crippen LogP contribution in [0.5, 0.6) is 0 Å². The molecule has 0 saturated carbocycles. The predicted molar refractivity (Wildman–Crippen MR) is 78.2 cm³/mol. The molecule has 0 N–H and O–H groups in total. The molecule has 0 unspecified atom stereocenters. The lowest BCUT2D eigenvalue weighted by atomic mass is 10.2. The number of pyridine rings is 1. The minimum atomic E-state index is -0.336. The second-order valence-corrected chi connectivity index (χ2v) is 4.94. The van der Waals surface area contributed by atoms with Crippen LogP contribution in [0, 0.1) is 17.1 Å². The minimum absolute atomic E-state index is 0.318. The smallest absolute Gasteiger partial charge is 0.160 e. The number of nitrogens with zero attached hydrogens (tertiary/aromatic N) is 4. The number of imidazole rings is 1. The Morgan fingerprint density at radius 3 is 2.95 bits per heavy atom. The van der Waals surface area contributed by atoms with Gasteiger partial charge in [0.1, 0.15) is 17.2 Å². The van der Waals surface area contributed by atoms with Gasteiger partial charge < -0.3 is 4.57 Å². The van der Waals surface area contributed by atoms with E-state index in [-0.39, 0.29) is 5.82 Å². The first-order valence-corrected chi connectivity index (χ1v) is 6.71. The maximum absolute atomic E-state index is 13.4. The van der Waals surface area contributed by atoms with E-state index in [4.69, 9.17) is 16.9 Å². The van der Waals surface area contributed by atoms with Gasteiger partial charge in [0.2, 0.25) is 0 Å². The second-order valence-electron chi connectivity index (χ2n) is 4.50. The van der Waals surface area contributed by atoms with E-state index >= 15 is 0 Å². The van der Waals surface area contributed by atoms with Crippen LogP contribution in [-0.2, 0) is 6.54 Å². The highest BCUT2D eigenvalue weighted by molar-refractivity contribution is 6.31. The number of hydrogen-bond acceptors (Lipinski definition) is 3. The third-order valence-electron chi connectivity index (χ3n) is 3.08. The van der Waals surface area contributed by atoms with Crippen molar-refractivity contribution in [3.05, 3.63) is 47.4 Å². The number of halogens is 2. The largest absolute Gasteiger partial charge is 0.308 e. The van der Waals surface area contributed by atoms with Gasteiger partial charge in [0.25, 0.3) is 0 Å². The summed E-state index contributed by atoms with van der Waals surface area (Å²) in [6.45, 7) is 0.438. The highest BCUT2D eigenvalue weighted by Gasteiger charge is 2.14. The predicted octanol–water partition coefficient (Wildman–Crippen LogP) is 3.80. The molecule has 0 aliphatic heterocycles. The van der Waals surface area contributed by atoms with E-state index in [9.17, 15) is 4.39 Å². The van der Waals surface area contributed by atoms with Crippen LogP contribution in [-0.4, -0.2) is 14.5 Å². The maximum Gasteiger partial charge on any atom is 0.160 e. The molecule has 0 amide bonds. The van der Waals surface area contributed by atoms with Crippen LogP contribution in [0.1, 0.15) is 6.42 Å². The van der Waals surface area contributed by atoms with Gasteiger partial charge in [-0.3, -0.25) is 0 Å². The van der Waals surface area contributed by atoms with Crippen LogP contribution in [0.4, 0.5) is 4.39 Å². The second kappa shape index (κ2) is 5.51. The average molecular weight is 301 g/mol. The Hall–Kier alpha value is -2.45. The highest BCUT2D eigenvalue weighted by Crippen LogP contribution is 2.26. The third-order valence-corrected chi connectivity index (χ3v) is 3.29. The molecule has 0 bridgehead atoms. The Kier molecular flexibility index (Phi) is 3.55. The van der Waals surface area contributed by atoms with Crippen molar-refractivity contribution in [1.29, 1.82) is 5.26 Å². The van der Waals surface area contributed by atoms with Gasteiger partial charge in [-0.2, -0.15) is 5.26 Å². The molecule has 1 aromatic carbocycles. The Bertz CT molecular complexity index is 850. The number of nitriles is 1. The highest BCUT2D eigenvalue weighted by atomic mass is 35.5. The molecule has 0 atom stereocenters. The molecule has 0 aliphatic carbocycles. The van der Waals surface area contributed by atoms with Gasteiger partial charge in [-0.05, 0) is 18.2 Å². The van der Waals surface area contributed by atoms with E-state index in [0.29, 0.717) is 40.5 Å². The fourth-order valence-corrected chi connectivity index (χ4v) is 2.36. The van der Waals surface area contributed by atoms with Gasteiger partial charge in [0.15, 0.2) is 5.65 Å². The van der Waals surface area contributed by atoms with Crippen LogP contribution < -0.4 is 0 Å². The number of aryl methyl sites for hydroxylation is 1. The number of benzene rings is 1. The Labute approximate surface area is 125 Å². The molecule has 0 fully saturated rings. The Morgan fingerprint density at radius 1 is 1.33 bits per heavy atom. The van der Waals surface area contributed by atoms with Crippen LogP contribution >= 0.6 is 11.6 Å². The SMILES string of the molecule is N#CCCn1c(-c2cccc(F)c2)nc2cc(Cl)cnc21. The molecular weight excluding hydrogens is 291 g/mol. The topological polar surface area (TPSA) is 54.5 Å². The number of rotatable bonds is 3. The Morgan fingerprint density at radius 2 is 2.19 bits per heavy atom. The van der Waals surface area contributed by atoms with Crippen molar-refractivity contribution in [3.8, 4) is 17.5 Å². The zero-order valence-electron chi connectivity index (χ0n) is 10.9. The molecule has 0 spiro atoms. The molecule has 0 radical (unpaired) electrons. The molecule has 6 heteroatoms. The third kappa shape index (κ3) is 2.58. The summed E-state index contributed by atoms with van der Waals surface area (Å²) in [6, 6.07) is 9.98. The lowest BCUT2D eigenvalue weighted by Gasteiger charge is -2.06. The number of aromatic nitrogens is 3. The first-order chi connectivity index (χ1) is 10.2. The van der Waals surface area contributed by atoms with Gasteiger partial charge in [0, 0.05) is 18.3 Å². The first-order valence-electron chi connectivity index (χ1n) is 6.33. The van der Waals surface area contributed by atoms with Gasteiger partial charge in [0.05, 0.1) is 17.5 Å². The molecule has 0 aliphatic rings. The van der Waals surface area contributed by atoms with Gasteiger partial charge in [-0.25, -0.2) is 14.4 Å². The van der Waals surface area contributed by atoms with Crippen molar-refractivity contribution in [2.24, 2.45) is 0 Å². The normalized spacial score (nSPS) is 10.7. The van der Waals surface area contributed by atoms with Crippen molar-refractivity contribution in [2.75, 3.05) is 0 Å². The van der Waals surface area contributed by atoms with E-state index in [0.717, 1.165) is 0 Å². The average Bonchev–Trinajstić information content (AvgIpc) is 2.82. The van der Waals surface area contributed by atoms with Gasteiger partial charge >= 0.3 is 0 Å². The standard InChI is InChI=1S/C15H10ClFN4/c16-11-8-13-15(19-9-11)21(6-2-5-18)14(20-13)10-3-1-4-12(17)7-10/h1,3-4,7-9H,2,6H2. The van der Waals surface area contributed by atoms with Crippen LogP contribution in [0.15, 0.2) is 36.5 Å². The van der Waals surface area contributed by atoms with Crippen molar-refractivity contribution < 1.29 is 4.39 Å². The number of fused-ring (bicyclic) bond motifs is 1. The zero-order chi connectivity index (χ0) is 14.8. The van der Waals surface area contributed by atoms with Crippen molar-refractivity contribution in [1.82, 2.24) is 14.5 Å². The molecule has 2 aromatic heterocycles. The molecule has 2 heterocycles. The van der Waals surface area contributed by atoms with E-state index in [1.54, 1.807) is 18.2 Å². The van der Waals surface area contributed by atoms with E-state index in [2.05, 4.69) is 16.0 Å². The van der Waals surface area contributed by atoms with E-state index in [1.807, 2.05) is 4.57 Å². The number of hydrogen-bond donors (Lipinski definition) is 0. The van der Waals surface area contributed by atoms with Gasteiger partial charge in [-0.1, -0.05) is 23.7 Å². The molecule has 104 valence electrons. The van der Waals surface area contributed by atoms with Crippen molar-refractivity contribution >= 4 is 22.8 Å². The fourth-order valence-electron chi connectivity index (χ4n) is 2.21. The van der Waals surface area contributed by atoms with Crippen LogP contribution in [0.3, 0.4) is 0 Å². The summed E-state index contributed by atoms with van der Waals surface area (Å²) in [5.74, 6) is 0.242. The summed E-state index contributed by atoms with van der Waals surface area (Å²) in [4.78, 5) is 8.75. The van der Waals surface area contributed by atoms with Crippen molar-refractivity contribution in [3.63, 3.8) is 0 Å². The zero-order valence-corrected chi connectivity index (χ0v) is 11.7. The van der Waals surface area contributed by atoms with E-state index < -0.39 is 0 Å². The lowest BCUT2D eigenvalue weighted by Crippen LogP contribution is -2.01. The van der Waals surface area contributed by atoms with E-state index in [1.165, 1.54) is 18.3 Å². The van der Waals surface area contributed by atoms with Crippen LogP contribution in [0.25, 0.3) is 22.6 Å². The molecular formula is C15H10ClFN4. The quantitative estimate of drug-likeness (QED) is 0.739. The first kappa shape index (κ1) is 13.5. The molecule has 4 nitrogen and oxygen atoms in total. The Balaban J connectivity index is 2.23. The summed E-state index contributed by atoms with van der Waals surface area (Å²) >= 11 is 5.93.